The first-order valence-corrected chi connectivity index (χ1v) is 5.25. The van der Waals surface area contributed by atoms with Gasteiger partial charge in [-0.2, -0.15) is 8.78 Å². The summed E-state index contributed by atoms with van der Waals surface area (Å²) in [6.07, 6.45) is -2.56. The lowest BCUT2D eigenvalue weighted by Gasteiger charge is -2.19. The zero-order valence-corrected chi connectivity index (χ0v) is 9.65. The van der Waals surface area contributed by atoms with Crippen molar-refractivity contribution in [2.24, 2.45) is 0 Å². The maximum absolute atomic E-state index is 13.7. The minimum atomic E-state index is -3.97. The predicted octanol–water partition coefficient (Wildman–Crippen LogP) is 2.65. The molecule has 1 unspecified atom stereocenters. The largest absolute Gasteiger partial charge is 0.508 e. The maximum Gasteiger partial charge on any atom is 0.336 e. The Labute approximate surface area is 104 Å². The summed E-state index contributed by atoms with van der Waals surface area (Å²) in [7, 11) is 0. The average Bonchev–Trinajstić information content (AvgIpc) is 2.26. The lowest BCUT2D eigenvalue weighted by Crippen LogP contribution is -2.26. The fourth-order valence-electron chi connectivity index (χ4n) is 1.74. The van der Waals surface area contributed by atoms with Crippen LogP contribution in [0.1, 0.15) is 12.5 Å². The van der Waals surface area contributed by atoms with Crippen LogP contribution in [0.15, 0.2) is 27.4 Å². The molecule has 2 rings (SSSR count). The Kier molecular flexibility index (Phi) is 2.92. The molecule has 1 aromatic carbocycles. The molecule has 7 heteroatoms. The van der Waals surface area contributed by atoms with Gasteiger partial charge in [-0.3, -0.25) is 0 Å². The molecule has 4 nitrogen and oxygen atoms in total. The van der Waals surface area contributed by atoms with E-state index in [4.69, 9.17) is 0 Å². The molecule has 0 fully saturated rings. The van der Waals surface area contributed by atoms with E-state index in [-0.39, 0.29) is 0 Å². The first-order valence-electron chi connectivity index (χ1n) is 5.25. The van der Waals surface area contributed by atoms with Crippen LogP contribution in [0.2, 0.25) is 0 Å². The van der Waals surface area contributed by atoms with Crippen molar-refractivity contribution in [3.8, 4) is 11.5 Å². The highest BCUT2D eigenvalue weighted by Crippen LogP contribution is 2.41. The first kappa shape index (κ1) is 13.3. The van der Waals surface area contributed by atoms with Gasteiger partial charge in [-0.05, 0) is 6.92 Å². The van der Waals surface area contributed by atoms with Gasteiger partial charge in [-0.15, -0.1) is 0 Å². The van der Waals surface area contributed by atoms with Crippen molar-refractivity contribution in [1.29, 1.82) is 0 Å². The molecule has 1 aromatic heterocycles. The standard InChI is InChI=1S/C12H9F3O4/c1-5(13)12(14,15)7-4-10(18)19-9-3-6(16)2-8(17)11(7)9/h2-5,16-17H,1H3. The van der Waals surface area contributed by atoms with E-state index in [0.717, 1.165) is 12.1 Å². The number of alkyl halides is 3. The molecular formula is C12H9F3O4. The summed E-state index contributed by atoms with van der Waals surface area (Å²) >= 11 is 0. The molecule has 19 heavy (non-hydrogen) atoms. The third kappa shape index (κ3) is 2.11. The minimum absolute atomic E-state index is 0.426. The molecule has 0 saturated heterocycles. The molecule has 0 saturated carbocycles. The SMILES string of the molecule is CC(F)C(F)(F)c1cc(=O)oc2cc(O)cc(O)c12. The van der Waals surface area contributed by atoms with E-state index in [0.29, 0.717) is 13.0 Å². The summed E-state index contributed by atoms with van der Waals surface area (Å²) in [4.78, 5) is 11.2. The molecule has 0 amide bonds. The van der Waals surface area contributed by atoms with Crippen molar-refractivity contribution in [2.75, 3.05) is 0 Å². The number of aromatic hydroxyl groups is 2. The zero-order chi connectivity index (χ0) is 14.4. The lowest BCUT2D eigenvalue weighted by molar-refractivity contribution is -0.0703. The smallest absolute Gasteiger partial charge is 0.336 e. The molecule has 0 radical (unpaired) electrons. The molecule has 0 bridgehead atoms. The van der Waals surface area contributed by atoms with Gasteiger partial charge < -0.3 is 14.6 Å². The second-order valence-electron chi connectivity index (χ2n) is 4.06. The zero-order valence-electron chi connectivity index (χ0n) is 9.65. The number of hydrogen-bond acceptors (Lipinski definition) is 4. The Hall–Kier alpha value is -2.18. The number of halogens is 3. The third-order valence-corrected chi connectivity index (χ3v) is 2.67. The maximum atomic E-state index is 13.7. The first-order chi connectivity index (χ1) is 8.73. The summed E-state index contributed by atoms with van der Waals surface area (Å²) in [5, 5.41) is 18.3. The second-order valence-corrected chi connectivity index (χ2v) is 4.06. The van der Waals surface area contributed by atoms with Crippen molar-refractivity contribution < 1.29 is 27.8 Å². The second kappa shape index (κ2) is 4.18. The Balaban J connectivity index is 2.92. The molecule has 0 spiro atoms. The lowest BCUT2D eigenvalue weighted by atomic mass is 10.0. The van der Waals surface area contributed by atoms with Crippen LogP contribution in [-0.4, -0.2) is 16.4 Å². The molecule has 0 aliphatic heterocycles. The van der Waals surface area contributed by atoms with Gasteiger partial charge in [0.15, 0.2) is 6.17 Å². The van der Waals surface area contributed by atoms with Crippen LogP contribution in [-0.2, 0) is 5.92 Å². The van der Waals surface area contributed by atoms with Gasteiger partial charge in [0.25, 0.3) is 0 Å². The van der Waals surface area contributed by atoms with Crippen LogP contribution >= 0.6 is 0 Å². The highest BCUT2D eigenvalue weighted by atomic mass is 19.3. The number of hydrogen-bond donors (Lipinski definition) is 2. The van der Waals surface area contributed by atoms with Crippen LogP contribution in [0.5, 0.6) is 11.5 Å². The average molecular weight is 274 g/mol. The molecule has 1 heterocycles. The molecule has 0 aliphatic rings. The van der Waals surface area contributed by atoms with Gasteiger partial charge in [-0.1, -0.05) is 0 Å². The number of phenolic OH excluding ortho intramolecular Hbond substituents is 2. The Morgan fingerprint density at radius 3 is 2.47 bits per heavy atom. The number of benzene rings is 1. The van der Waals surface area contributed by atoms with Crippen LogP contribution in [0.3, 0.4) is 0 Å². The summed E-state index contributed by atoms with van der Waals surface area (Å²) < 4.78 is 45.1. The normalized spacial score (nSPS) is 13.7. The van der Waals surface area contributed by atoms with Gasteiger partial charge in [0.05, 0.1) is 5.39 Å². The van der Waals surface area contributed by atoms with E-state index in [1.54, 1.807) is 0 Å². The van der Waals surface area contributed by atoms with E-state index in [1.165, 1.54) is 0 Å². The quantitative estimate of drug-likeness (QED) is 0.826. The summed E-state index contributed by atoms with van der Waals surface area (Å²) in [6, 6.07) is 2.11. The van der Waals surface area contributed by atoms with E-state index >= 15 is 0 Å². The highest BCUT2D eigenvalue weighted by Gasteiger charge is 2.41. The highest BCUT2D eigenvalue weighted by molar-refractivity contribution is 5.88. The van der Waals surface area contributed by atoms with Gasteiger partial charge >= 0.3 is 11.5 Å². The van der Waals surface area contributed by atoms with Crippen LogP contribution in [0.4, 0.5) is 13.2 Å². The van der Waals surface area contributed by atoms with Crippen LogP contribution in [0, 0.1) is 0 Å². The van der Waals surface area contributed by atoms with E-state index < -0.39 is 45.8 Å². The summed E-state index contributed by atoms with van der Waals surface area (Å²) in [5.41, 5.74) is -2.56. The van der Waals surface area contributed by atoms with E-state index in [1.807, 2.05) is 0 Å². The van der Waals surface area contributed by atoms with Crippen molar-refractivity contribution in [1.82, 2.24) is 0 Å². The fourth-order valence-corrected chi connectivity index (χ4v) is 1.74. The minimum Gasteiger partial charge on any atom is -0.508 e. The molecule has 2 N–H and O–H groups in total. The monoisotopic (exact) mass is 274 g/mol. The Morgan fingerprint density at radius 1 is 1.26 bits per heavy atom. The predicted molar refractivity (Wildman–Crippen MR) is 60.3 cm³/mol. The fraction of sp³-hybridized carbons (Fsp3) is 0.250. The van der Waals surface area contributed by atoms with Gasteiger partial charge in [0.1, 0.15) is 17.1 Å². The number of phenols is 2. The topological polar surface area (TPSA) is 70.7 Å². The Bertz CT molecular complexity index is 691. The number of rotatable bonds is 2. The summed E-state index contributed by atoms with van der Waals surface area (Å²) in [5.74, 6) is -5.17. The van der Waals surface area contributed by atoms with Gasteiger partial charge in [0.2, 0.25) is 0 Å². The van der Waals surface area contributed by atoms with Crippen molar-refractivity contribution >= 4 is 11.0 Å². The van der Waals surface area contributed by atoms with Crippen molar-refractivity contribution in [3.63, 3.8) is 0 Å². The number of fused-ring (bicyclic) bond motifs is 1. The molecule has 102 valence electrons. The van der Waals surface area contributed by atoms with Crippen LogP contribution in [0.25, 0.3) is 11.0 Å². The summed E-state index contributed by atoms with van der Waals surface area (Å²) in [6.45, 7) is 0.637. The molecule has 1 atom stereocenters. The van der Waals surface area contributed by atoms with E-state index in [9.17, 15) is 28.2 Å². The van der Waals surface area contributed by atoms with Gasteiger partial charge in [0, 0.05) is 23.8 Å². The van der Waals surface area contributed by atoms with Crippen LogP contribution < -0.4 is 5.63 Å². The molecule has 0 aliphatic carbocycles. The van der Waals surface area contributed by atoms with Crippen molar-refractivity contribution in [2.45, 2.75) is 19.0 Å². The van der Waals surface area contributed by atoms with E-state index in [2.05, 4.69) is 4.42 Å². The van der Waals surface area contributed by atoms with Gasteiger partial charge in [-0.25, -0.2) is 9.18 Å². The molecular weight excluding hydrogens is 265 g/mol. The third-order valence-electron chi connectivity index (χ3n) is 2.67. The molecule has 2 aromatic rings. The Morgan fingerprint density at radius 2 is 1.89 bits per heavy atom. The van der Waals surface area contributed by atoms with Crippen molar-refractivity contribution in [3.05, 3.63) is 34.2 Å².